The van der Waals surface area contributed by atoms with E-state index in [4.69, 9.17) is 9.72 Å². The molecule has 0 bridgehead atoms. The van der Waals surface area contributed by atoms with Crippen molar-refractivity contribution in [3.05, 3.63) is 58.4 Å². The molecule has 7 nitrogen and oxygen atoms in total. The largest absolute Gasteiger partial charge is 0.460 e. The van der Waals surface area contributed by atoms with Gasteiger partial charge >= 0.3 is 5.97 Å². The molecule has 1 aromatic carbocycles. The van der Waals surface area contributed by atoms with Crippen molar-refractivity contribution >= 4 is 22.9 Å². The monoisotopic (exact) mass is 420 g/mol. The molecule has 3 aromatic rings. The van der Waals surface area contributed by atoms with Crippen LogP contribution in [0.3, 0.4) is 0 Å². The number of pyridine rings is 1. The first kappa shape index (κ1) is 21.0. The summed E-state index contributed by atoms with van der Waals surface area (Å²) >= 11 is 0. The number of aryl methyl sites for hydroxylation is 4. The molecule has 0 saturated heterocycles. The second-order valence-electron chi connectivity index (χ2n) is 8.25. The van der Waals surface area contributed by atoms with Crippen molar-refractivity contribution in [2.24, 2.45) is 7.05 Å². The number of nitrogens with one attached hydrogen (secondary N) is 1. The van der Waals surface area contributed by atoms with Gasteiger partial charge < -0.3 is 10.1 Å². The summed E-state index contributed by atoms with van der Waals surface area (Å²) in [5.41, 5.74) is 5.22. The second kappa shape index (κ2) is 8.88. The predicted octanol–water partition coefficient (Wildman–Crippen LogP) is 3.37. The van der Waals surface area contributed by atoms with Crippen LogP contribution in [-0.2, 0) is 23.0 Å². The fourth-order valence-electron chi connectivity index (χ4n) is 3.73. The van der Waals surface area contributed by atoms with E-state index < -0.39 is 5.97 Å². The van der Waals surface area contributed by atoms with E-state index in [2.05, 4.69) is 10.4 Å². The average molecular weight is 421 g/mol. The number of fused-ring (bicyclic) bond motifs is 1. The normalized spacial score (nSPS) is 13.4. The van der Waals surface area contributed by atoms with E-state index in [0.717, 1.165) is 35.2 Å². The Morgan fingerprint density at radius 1 is 1.19 bits per heavy atom. The smallest absolute Gasteiger partial charge is 0.339 e. The maximum atomic E-state index is 12.8. The molecule has 2 heterocycles. The first-order chi connectivity index (χ1) is 14.9. The highest BCUT2D eigenvalue weighted by molar-refractivity contribution is 6.03. The molecule has 2 aromatic heterocycles. The molecule has 1 saturated carbocycles. The molecular weight excluding hydrogens is 392 g/mol. The van der Waals surface area contributed by atoms with E-state index in [1.54, 1.807) is 4.68 Å². The third kappa shape index (κ3) is 4.93. The number of benzene rings is 1. The number of carbonyl (C=O) groups is 2. The summed E-state index contributed by atoms with van der Waals surface area (Å²) < 4.78 is 7.17. The first-order valence-electron chi connectivity index (χ1n) is 10.8. The third-order valence-corrected chi connectivity index (χ3v) is 5.62. The molecule has 1 N–H and O–H groups in total. The predicted molar refractivity (Wildman–Crippen MR) is 118 cm³/mol. The Labute approximate surface area is 181 Å². The Balaban J connectivity index is 1.31. The molecule has 0 aliphatic heterocycles. The maximum absolute atomic E-state index is 12.8. The maximum Gasteiger partial charge on any atom is 0.339 e. The van der Waals surface area contributed by atoms with E-state index in [1.807, 2.05) is 51.2 Å². The highest BCUT2D eigenvalue weighted by Gasteiger charge is 2.28. The van der Waals surface area contributed by atoms with Crippen molar-refractivity contribution in [2.45, 2.75) is 45.4 Å². The van der Waals surface area contributed by atoms with Gasteiger partial charge in [0, 0.05) is 25.1 Å². The molecule has 7 heteroatoms. The molecular formula is C24H28N4O3. The number of carbonyl (C=O) groups excluding carboxylic acids is 2. The van der Waals surface area contributed by atoms with E-state index >= 15 is 0 Å². The molecule has 1 amide bonds. The Morgan fingerprint density at radius 2 is 1.94 bits per heavy atom. The number of rotatable bonds is 8. The summed E-state index contributed by atoms with van der Waals surface area (Å²) in [6, 6.07) is 10.0. The fourth-order valence-corrected chi connectivity index (χ4v) is 3.73. The number of nitrogens with zero attached hydrogens (tertiary/aromatic N) is 3. The van der Waals surface area contributed by atoms with Gasteiger partial charge in [-0.1, -0.05) is 29.8 Å². The Bertz CT molecular complexity index is 1110. The highest BCUT2D eigenvalue weighted by atomic mass is 16.5. The Morgan fingerprint density at radius 3 is 2.65 bits per heavy atom. The second-order valence-corrected chi connectivity index (χ2v) is 8.25. The lowest BCUT2D eigenvalue weighted by Crippen LogP contribution is -2.28. The minimum Gasteiger partial charge on any atom is -0.460 e. The zero-order chi connectivity index (χ0) is 22.0. The molecule has 1 aliphatic rings. The topological polar surface area (TPSA) is 86.1 Å². The van der Waals surface area contributed by atoms with Gasteiger partial charge in [-0.05, 0) is 44.7 Å². The van der Waals surface area contributed by atoms with Gasteiger partial charge in [0.1, 0.15) is 6.61 Å². The van der Waals surface area contributed by atoms with Crippen LogP contribution in [0.5, 0.6) is 0 Å². The summed E-state index contributed by atoms with van der Waals surface area (Å²) in [4.78, 5) is 29.6. The highest BCUT2D eigenvalue weighted by Crippen LogP contribution is 2.40. The van der Waals surface area contributed by atoms with Gasteiger partial charge in [0.15, 0.2) is 5.65 Å². The van der Waals surface area contributed by atoms with Crippen LogP contribution in [0.2, 0.25) is 0 Å². The zero-order valence-corrected chi connectivity index (χ0v) is 18.3. The van der Waals surface area contributed by atoms with E-state index in [1.165, 1.54) is 5.56 Å². The minimum atomic E-state index is -0.403. The molecule has 1 fully saturated rings. The Kier molecular flexibility index (Phi) is 6.02. The Hall–Kier alpha value is -3.22. The van der Waals surface area contributed by atoms with E-state index in [-0.39, 0.29) is 19.1 Å². The molecule has 0 atom stereocenters. The molecule has 1 aliphatic carbocycles. The zero-order valence-electron chi connectivity index (χ0n) is 18.3. The lowest BCUT2D eigenvalue weighted by atomic mass is 10.1. The van der Waals surface area contributed by atoms with Gasteiger partial charge in [-0.25, -0.2) is 9.78 Å². The summed E-state index contributed by atoms with van der Waals surface area (Å²) in [5.74, 6) is -0.0414. The summed E-state index contributed by atoms with van der Waals surface area (Å²) in [6.45, 7) is 4.31. The van der Waals surface area contributed by atoms with Crippen LogP contribution in [0.15, 0.2) is 30.3 Å². The van der Waals surface area contributed by atoms with Gasteiger partial charge in [0.25, 0.3) is 0 Å². The van der Waals surface area contributed by atoms with Crippen molar-refractivity contribution in [1.82, 2.24) is 20.1 Å². The molecule has 0 unspecified atom stereocenters. The van der Waals surface area contributed by atoms with Gasteiger partial charge in [-0.2, -0.15) is 5.10 Å². The number of hydrogen-bond donors (Lipinski definition) is 1. The van der Waals surface area contributed by atoms with Crippen molar-refractivity contribution in [2.75, 3.05) is 13.2 Å². The van der Waals surface area contributed by atoms with Crippen molar-refractivity contribution in [1.29, 1.82) is 0 Å². The fraction of sp³-hybridized carbons (Fsp3) is 0.417. The number of aromatic nitrogens is 3. The van der Waals surface area contributed by atoms with Crippen LogP contribution in [0.25, 0.3) is 11.0 Å². The van der Waals surface area contributed by atoms with Crippen LogP contribution >= 0.6 is 0 Å². The SMILES string of the molecule is Cc1ccc(CCC(=O)NCCOC(=O)c2cc(C3CC3)nc3c2c(C)nn3C)cc1. The summed E-state index contributed by atoms with van der Waals surface area (Å²) in [5, 5.41) is 7.97. The van der Waals surface area contributed by atoms with Crippen molar-refractivity contribution in [3.8, 4) is 0 Å². The van der Waals surface area contributed by atoms with Gasteiger partial charge in [-0.15, -0.1) is 0 Å². The molecule has 0 radical (unpaired) electrons. The number of ether oxygens (including phenoxy) is 1. The molecule has 162 valence electrons. The number of hydrogen-bond acceptors (Lipinski definition) is 5. The lowest BCUT2D eigenvalue weighted by molar-refractivity contribution is -0.121. The summed E-state index contributed by atoms with van der Waals surface area (Å²) in [7, 11) is 1.83. The van der Waals surface area contributed by atoms with Crippen LogP contribution < -0.4 is 5.32 Å². The molecule has 0 spiro atoms. The van der Waals surface area contributed by atoms with Crippen LogP contribution in [0, 0.1) is 13.8 Å². The van der Waals surface area contributed by atoms with E-state index in [0.29, 0.717) is 30.0 Å². The average Bonchev–Trinajstić information content (AvgIpc) is 3.56. The van der Waals surface area contributed by atoms with Gasteiger partial charge in [-0.3, -0.25) is 9.48 Å². The van der Waals surface area contributed by atoms with Crippen molar-refractivity contribution in [3.63, 3.8) is 0 Å². The third-order valence-electron chi connectivity index (χ3n) is 5.62. The van der Waals surface area contributed by atoms with Gasteiger partial charge in [0.05, 0.1) is 23.2 Å². The van der Waals surface area contributed by atoms with Crippen LogP contribution in [-0.4, -0.2) is 39.8 Å². The standard InChI is InChI=1S/C24H28N4O3/c1-15-4-6-17(7-5-15)8-11-21(29)25-12-13-31-24(30)19-14-20(18-9-10-18)26-23-22(19)16(2)27-28(23)3/h4-7,14,18H,8-13H2,1-3H3,(H,25,29). The van der Waals surface area contributed by atoms with Gasteiger partial charge in [0.2, 0.25) is 5.91 Å². The van der Waals surface area contributed by atoms with Crippen LogP contribution in [0.1, 0.15) is 58.1 Å². The van der Waals surface area contributed by atoms with Crippen LogP contribution in [0.4, 0.5) is 0 Å². The number of esters is 1. The van der Waals surface area contributed by atoms with E-state index in [9.17, 15) is 9.59 Å². The minimum absolute atomic E-state index is 0.0537. The lowest BCUT2D eigenvalue weighted by Gasteiger charge is -2.09. The van der Waals surface area contributed by atoms with Crippen molar-refractivity contribution < 1.29 is 14.3 Å². The quantitative estimate of drug-likeness (QED) is 0.446. The molecule has 31 heavy (non-hydrogen) atoms. The first-order valence-corrected chi connectivity index (χ1v) is 10.8. The number of amides is 1. The molecule has 4 rings (SSSR count). The summed E-state index contributed by atoms with van der Waals surface area (Å²) in [6.07, 6.45) is 3.28.